The van der Waals surface area contributed by atoms with Gasteiger partial charge in [-0.25, -0.2) is 9.67 Å². The van der Waals surface area contributed by atoms with Crippen LogP contribution in [0.1, 0.15) is 28.3 Å². The van der Waals surface area contributed by atoms with E-state index in [1.54, 1.807) is 7.11 Å². The van der Waals surface area contributed by atoms with E-state index in [4.69, 9.17) is 9.72 Å². The van der Waals surface area contributed by atoms with Gasteiger partial charge in [-0.05, 0) is 35.2 Å². The van der Waals surface area contributed by atoms with Crippen LogP contribution in [0.25, 0.3) is 11.0 Å². The van der Waals surface area contributed by atoms with E-state index in [2.05, 4.69) is 5.10 Å². The normalized spacial score (nSPS) is 14.1. The van der Waals surface area contributed by atoms with Crippen molar-refractivity contribution < 1.29 is 20.0 Å². The average Bonchev–Trinajstić information content (AvgIpc) is 3.32. The van der Waals surface area contributed by atoms with Gasteiger partial charge in [0.15, 0.2) is 11.7 Å². The molecule has 3 heterocycles. The van der Waals surface area contributed by atoms with Crippen LogP contribution in [0.3, 0.4) is 0 Å². The molecule has 0 radical (unpaired) electrons. The summed E-state index contributed by atoms with van der Waals surface area (Å²) in [4.78, 5) is 20.1. The van der Waals surface area contributed by atoms with Crippen LogP contribution >= 0.6 is 0 Å². The molecule has 180 valence electrons. The standard InChI is InChI=1S/C27H29N5O3/c1-35-22-9-7-19(8-10-22)17-32-26-24(16-30-32)23-11-13-31(18-21(23)15-29-26)27(34)25(28-12-14-33)20-5-3-2-4-6-20/h2-10,15-16,25,28,33H,11-14,17-18H2,1H3/p+1. The van der Waals surface area contributed by atoms with Crippen molar-refractivity contribution in [3.63, 3.8) is 0 Å². The minimum atomic E-state index is -0.367. The third-order valence-corrected chi connectivity index (χ3v) is 6.62. The van der Waals surface area contributed by atoms with Gasteiger partial charge in [0, 0.05) is 30.2 Å². The molecular weight excluding hydrogens is 442 g/mol. The number of nitrogens with zero attached hydrogens (tertiary/aromatic N) is 4. The maximum absolute atomic E-state index is 13.5. The second-order valence-electron chi connectivity index (χ2n) is 8.80. The van der Waals surface area contributed by atoms with Crippen molar-refractivity contribution >= 4 is 16.9 Å². The highest BCUT2D eigenvalue weighted by molar-refractivity contribution is 5.84. The molecule has 8 nitrogen and oxygen atoms in total. The third-order valence-electron chi connectivity index (χ3n) is 6.62. The maximum atomic E-state index is 13.5. The zero-order valence-electron chi connectivity index (χ0n) is 19.8. The largest absolute Gasteiger partial charge is 0.497 e. The number of rotatable bonds is 8. The molecule has 0 fully saturated rings. The van der Waals surface area contributed by atoms with Crippen molar-refractivity contribution in [1.82, 2.24) is 19.7 Å². The minimum absolute atomic E-state index is 0.0296. The number of aliphatic hydroxyl groups excluding tert-OH is 1. The molecule has 1 amide bonds. The quantitative estimate of drug-likeness (QED) is 0.407. The van der Waals surface area contributed by atoms with Crippen molar-refractivity contribution in [3.8, 4) is 5.75 Å². The first-order chi connectivity index (χ1) is 17.2. The van der Waals surface area contributed by atoms with Gasteiger partial charge in [0.25, 0.3) is 5.91 Å². The van der Waals surface area contributed by atoms with Crippen LogP contribution in [0.4, 0.5) is 0 Å². The average molecular weight is 473 g/mol. The number of aromatic nitrogens is 3. The van der Waals surface area contributed by atoms with Crippen molar-refractivity contribution in [2.45, 2.75) is 25.6 Å². The number of aliphatic hydroxyl groups is 1. The van der Waals surface area contributed by atoms with E-state index in [0.717, 1.165) is 39.9 Å². The zero-order chi connectivity index (χ0) is 24.2. The van der Waals surface area contributed by atoms with Crippen molar-refractivity contribution in [3.05, 3.63) is 89.2 Å². The highest BCUT2D eigenvalue weighted by atomic mass is 16.5. The lowest BCUT2D eigenvalue weighted by molar-refractivity contribution is -0.684. The van der Waals surface area contributed by atoms with Gasteiger partial charge < -0.3 is 20.1 Å². The first-order valence-electron chi connectivity index (χ1n) is 11.9. The summed E-state index contributed by atoms with van der Waals surface area (Å²) in [6.07, 6.45) is 4.54. The Morgan fingerprint density at radius 1 is 1.14 bits per heavy atom. The summed E-state index contributed by atoms with van der Waals surface area (Å²) in [5, 5.41) is 16.9. The number of quaternary nitrogens is 1. The molecule has 1 aliphatic rings. The van der Waals surface area contributed by atoms with Gasteiger partial charge in [0.2, 0.25) is 0 Å². The molecule has 1 atom stereocenters. The summed E-state index contributed by atoms with van der Waals surface area (Å²) >= 11 is 0. The second kappa shape index (κ2) is 10.2. The molecule has 0 spiro atoms. The Morgan fingerprint density at radius 2 is 1.94 bits per heavy atom. The van der Waals surface area contributed by atoms with Crippen LogP contribution in [0.15, 0.2) is 67.0 Å². The fraction of sp³-hybridized carbons (Fsp3) is 0.296. The van der Waals surface area contributed by atoms with Crippen molar-refractivity contribution in [2.75, 3.05) is 26.8 Å². The number of ether oxygens (including phenoxy) is 1. The van der Waals surface area contributed by atoms with Crippen LogP contribution in [0, 0.1) is 0 Å². The van der Waals surface area contributed by atoms with Gasteiger partial charge in [-0.15, -0.1) is 0 Å². The molecule has 1 unspecified atom stereocenters. The van der Waals surface area contributed by atoms with Gasteiger partial charge in [-0.3, -0.25) is 4.79 Å². The maximum Gasteiger partial charge on any atom is 0.285 e. The van der Waals surface area contributed by atoms with E-state index in [0.29, 0.717) is 26.2 Å². The first kappa shape index (κ1) is 23.0. The number of benzene rings is 2. The van der Waals surface area contributed by atoms with E-state index in [1.165, 1.54) is 5.56 Å². The highest BCUT2D eigenvalue weighted by Crippen LogP contribution is 2.27. The molecule has 0 bridgehead atoms. The lowest BCUT2D eigenvalue weighted by Crippen LogP contribution is -2.88. The van der Waals surface area contributed by atoms with Gasteiger partial charge >= 0.3 is 0 Å². The van der Waals surface area contributed by atoms with Crippen LogP contribution in [0.5, 0.6) is 5.75 Å². The van der Waals surface area contributed by atoms with E-state index in [1.807, 2.05) is 81.9 Å². The Morgan fingerprint density at radius 3 is 2.69 bits per heavy atom. The molecule has 0 saturated heterocycles. The minimum Gasteiger partial charge on any atom is -0.497 e. The number of nitrogens with two attached hydrogens (primary N) is 1. The number of pyridine rings is 1. The van der Waals surface area contributed by atoms with E-state index in [-0.39, 0.29) is 18.6 Å². The lowest BCUT2D eigenvalue weighted by Gasteiger charge is -2.31. The van der Waals surface area contributed by atoms with E-state index >= 15 is 0 Å². The monoisotopic (exact) mass is 472 g/mol. The summed E-state index contributed by atoms with van der Waals surface area (Å²) in [6, 6.07) is 17.4. The molecule has 3 N–H and O–H groups in total. The lowest BCUT2D eigenvalue weighted by atomic mass is 9.97. The summed E-state index contributed by atoms with van der Waals surface area (Å²) < 4.78 is 7.17. The molecule has 5 rings (SSSR count). The van der Waals surface area contributed by atoms with E-state index < -0.39 is 0 Å². The molecule has 2 aromatic carbocycles. The second-order valence-corrected chi connectivity index (χ2v) is 8.80. The number of carbonyl (C=O) groups is 1. The fourth-order valence-corrected chi connectivity index (χ4v) is 4.77. The Labute approximate surface area is 204 Å². The Kier molecular flexibility index (Phi) is 6.74. The van der Waals surface area contributed by atoms with Crippen LogP contribution in [-0.4, -0.2) is 57.5 Å². The van der Waals surface area contributed by atoms with Crippen LogP contribution in [0.2, 0.25) is 0 Å². The molecule has 0 aliphatic carbocycles. The molecule has 2 aromatic heterocycles. The smallest absolute Gasteiger partial charge is 0.285 e. The predicted molar refractivity (Wildman–Crippen MR) is 132 cm³/mol. The van der Waals surface area contributed by atoms with Gasteiger partial charge in [-0.2, -0.15) is 5.10 Å². The van der Waals surface area contributed by atoms with E-state index in [9.17, 15) is 9.90 Å². The van der Waals surface area contributed by atoms with Crippen molar-refractivity contribution in [1.29, 1.82) is 0 Å². The Bertz CT molecular complexity index is 1300. The molecular formula is C27H30N5O3+. The summed E-state index contributed by atoms with van der Waals surface area (Å²) in [5.41, 5.74) is 5.21. The topological polar surface area (TPSA) is 97.1 Å². The van der Waals surface area contributed by atoms with Gasteiger partial charge in [0.1, 0.15) is 5.75 Å². The number of fused-ring (bicyclic) bond motifs is 3. The van der Waals surface area contributed by atoms with Gasteiger partial charge in [0.05, 0.1) is 33.0 Å². The zero-order valence-corrected chi connectivity index (χ0v) is 19.8. The molecule has 35 heavy (non-hydrogen) atoms. The molecule has 0 saturated carbocycles. The highest BCUT2D eigenvalue weighted by Gasteiger charge is 2.31. The summed E-state index contributed by atoms with van der Waals surface area (Å²) in [7, 11) is 1.66. The number of methoxy groups -OCH3 is 1. The number of amides is 1. The fourth-order valence-electron chi connectivity index (χ4n) is 4.77. The SMILES string of the molecule is COc1ccc(Cn2ncc3c4c(cnc32)CN(C(=O)C([NH2+]CCO)c2ccccc2)CC4)cc1. The van der Waals surface area contributed by atoms with Crippen LogP contribution < -0.4 is 10.1 Å². The summed E-state index contributed by atoms with van der Waals surface area (Å²) in [6.45, 7) is 2.30. The Hall–Kier alpha value is -3.75. The molecule has 4 aromatic rings. The molecule has 1 aliphatic heterocycles. The number of carbonyl (C=O) groups excluding carboxylic acids is 1. The summed E-state index contributed by atoms with van der Waals surface area (Å²) in [5.74, 6) is 0.888. The third kappa shape index (κ3) is 4.76. The van der Waals surface area contributed by atoms with Crippen molar-refractivity contribution in [2.24, 2.45) is 0 Å². The molecule has 8 heteroatoms. The number of hydrogen-bond acceptors (Lipinski definition) is 5. The number of hydrogen-bond donors (Lipinski definition) is 2. The first-order valence-corrected chi connectivity index (χ1v) is 11.9. The predicted octanol–water partition coefficient (Wildman–Crippen LogP) is 1.67. The Balaban J connectivity index is 1.36. The van der Waals surface area contributed by atoms with Gasteiger partial charge in [-0.1, -0.05) is 42.5 Å². The van der Waals surface area contributed by atoms with Crippen LogP contribution in [-0.2, 0) is 24.3 Å².